The number of methoxy groups -OCH3 is 2. The number of nitrogens with one attached hydrogen (secondary N) is 1. The van der Waals surface area contributed by atoms with Crippen molar-refractivity contribution in [1.29, 1.82) is 0 Å². The standard InChI is InChI=1S/C16H14BrF2N2O2P.C4H10O/c1-8-5-12-15(11(17)7-20-12)21-14(8)10-4-3-9(6-13(10)22-2)23-16(18,19)24;1-3-4-5-2/h3-7,20H,24H2,1-2H3;3-4H2,1-2H3. The van der Waals surface area contributed by atoms with Crippen LogP contribution in [0.5, 0.6) is 11.5 Å². The van der Waals surface area contributed by atoms with E-state index in [1.807, 2.05) is 19.2 Å². The van der Waals surface area contributed by atoms with Crippen LogP contribution in [0.3, 0.4) is 0 Å². The molecule has 9 heteroatoms. The zero-order valence-corrected chi connectivity index (χ0v) is 19.4. The Balaban J connectivity index is 0.000000537. The maximum atomic E-state index is 13.0. The van der Waals surface area contributed by atoms with Crippen LogP contribution < -0.4 is 9.47 Å². The van der Waals surface area contributed by atoms with Gasteiger partial charge in [-0.1, -0.05) is 6.92 Å². The number of rotatable bonds is 6. The summed E-state index contributed by atoms with van der Waals surface area (Å²) in [6, 6.07) is 6.52. The molecule has 3 rings (SSSR count). The quantitative estimate of drug-likeness (QED) is 0.422. The Morgan fingerprint density at radius 3 is 2.52 bits per heavy atom. The van der Waals surface area contributed by atoms with Crippen molar-refractivity contribution in [3.8, 4) is 22.8 Å². The van der Waals surface area contributed by atoms with E-state index in [0.29, 0.717) is 17.0 Å². The first-order chi connectivity index (χ1) is 13.7. The summed E-state index contributed by atoms with van der Waals surface area (Å²) in [7, 11) is 4.52. The molecule has 0 aliphatic heterocycles. The number of hydrogen-bond acceptors (Lipinski definition) is 4. The van der Waals surface area contributed by atoms with Crippen LogP contribution in [0, 0.1) is 6.92 Å². The zero-order chi connectivity index (χ0) is 21.6. The summed E-state index contributed by atoms with van der Waals surface area (Å²) in [5.41, 5.74) is 4.03. The number of H-pyrrole nitrogens is 1. The van der Waals surface area contributed by atoms with E-state index in [9.17, 15) is 8.78 Å². The maximum absolute atomic E-state index is 13.0. The molecule has 0 saturated heterocycles. The molecule has 0 radical (unpaired) electrons. The molecule has 1 unspecified atom stereocenters. The Kier molecular flexibility index (Phi) is 8.37. The number of aromatic amines is 1. The summed E-state index contributed by atoms with van der Waals surface area (Å²) < 4.78 is 41.4. The first-order valence-corrected chi connectivity index (χ1v) is 10.2. The van der Waals surface area contributed by atoms with E-state index in [-0.39, 0.29) is 5.75 Å². The fourth-order valence-electron chi connectivity index (χ4n) is 2.68. The van der Waals surface area contributed by atoms with Gasteiger partial charge < -0.3 is 19.2 Å². The highest BCUT2D eigenvalue weighted by Gasteiger charge is 2.24. The molecular formula is C20H24BrF2N2O3P. The van der Waals surface area contributed by atoms with E-state index in [2.05, 4.69) is 37.6 Å². The molecule has 3 aromatic rings. The largest absolute Gasteiger partial charge is 0.496 e. The Labute approximate surface area is 179 Å². The molecule has 1 aromatic carbocycles. The smallest absolute Gasteiger partial charge is 0.408 e. The second-order valence-electron chi connectivity index (χ2n) is 6.21. The highest BCUT2D eigenvalue weighted by Crippen LogP contribution is 2.37. The minimum atomic E-state index is -3.34. The first kappa shape index (κ1) is 23.5. The lowest BCUT2D eigenvalue weighted by molar-refractivity contribution is -0.0892. The molecule has 29 heavy (non-hydrogen) atoms. The summed E-state index contributed by atoms with van der Waals surface area (Å²) in [4.78, 5) is 7.79. The third-order valence-corrected chi connectivity index (χ3v) is 4.61. The van der Waals surface area contributed by atoms with Gasteiger partial charge in [0.25, 0.3) is 0 Å². The Morgan fingerprint density at radius 1 is 1.24 bits per heavy atom. The lowest BCUT2D eigenvalue weighted by Gasteiger charge is -2.16. The summed E-state index contributed by atoms with van der Waals surface area (Å²) in [5, 5.41) is 0. The van der Waals surface area contributed by atoms with Crippen LogP contribution >= 0.6 is 25.2 Å². The van der Waals surface area contributed by atoms with E-state index in [1.54, 1.807) is 13.2 Å². The number of fused-ring (bicyclic) bond motifs is 1. The van der Waals surface area contributed by atoms with Crippen molar-refractivity contribution < 1.29 is 23.0 Å². The minimum Gasteiger partial charge on any atom is -0.496 e. The predicted octanol–water partition coefficient (Wildman–Crippen LogP) is 6.16. The molecule has 0 bridgehead atoms. The van der Waals surface area contributed by atoms with E-state index in [0.717, 1.165) is 34.1 Å². The third kappa shape index (κ3) is 6.36. The van der Waals surface area contributed by atoms with Crippen molar-refractivity contribution in [2.75, 3.05) is 20.8 Å². The van der Waals surface area contributed by atoms with Gasteiger partial charge >= 0.3 is 5.85 Å². The van der Waals surface area contributed by atoms with Crippen LogP contribution in [0.25, 0.3) is 22.3 Å². The van der Waals surface area contributed by atoms with Crippen molar-refractivity contribution in [3.05, 3.63) is 40.5 Å². The van der Waals surface area contributed by atoms with Crippen LogP contribution in [0.2, 0.25) is 0 Å². The lowest BCUT2D eigenvalue weighted by Crippen LogP contribution is -2.14. The van der Waals surface area contributed by atoms with Crippen molar-refractivity contribution in [1.82, 2.24) is 9.97 Å². The highest BCUT2D eigenvalue weighted by atomic mass is 79.9. The van der Waals surface area contributed by atoms with Gasteiger partial charge in [-0.05, 0) is 62.3 Å². The molecule has 5 nitrogen and oxygen atoms in total. The molecule has 2 heterocycles. The number of halogens is 3. The average Bonchev–Trinajstić information content (AvgIpc) is 3.01. The second-order valence-corrected chi connectivity index (χ2v) is 7.73. The fourth-order valence-corrected chi connectivity index (χ4v) is 3.23. The first-order valence-electron chi connectivity index (χ1n) is 8.87. The number of ether oxygens (including phenoxy) is 3. The van der Waals surface area contributed by atoms with Gasteiger partial charge in [0.1, 0.15) is 17.0 Å². The molecule has 1 N–H and O–H groups in total. The topological polar surface area (TPSA) is 56.4 Å². The maximum Gasteiger partial charge on any atom is 0.408 e. The molecule has 0 spiro atoms. The van der Waals surface area contributed by atoms with Crippen LogP contribution in [0.4, 0.5) is 8.78 Å². The van der Waals surface area contributed by atoms with Crippen LogP contribution in [0.15, 0.2) is 34.9 Å². The van der Waals surface area contributed by atoms with Crippen molar-refractivity contribution in [3.63, 3.8) is 0 Å². The van der Waals surface area contributed by atoms with E-state index in [4.69, 9.17) is 9.47 Å². The number of pyridine rings is 1. The van der Waals surface area contributed by atoms with E-state index >= 15 is 0 Å². The Hall–Kier alpha value is -1.76. The predicted molar refractivity (Wildman–Crippen MR) is 118 cm³/mol. The van der Waals surface area contributed by atoms with Gasteiger partial charge in [-0.3, -0.25) is 0 Å². The normalized spacial score (nSPS) is 11.2. The summed E-state index contributed by atoms with van der Waals surface area (Å²) in [5.74, 6) is -2.92. The van der Waals surface area contributed by atoms with Gasteiger partial charge in [0, 0.05) is 31.5 Å². The van der Waals surface area contributed by atoms with Crippen molar-refractivity contribution >= 4 is 36.2 Å². The van der Waals surface area contributed by atoms with Gasteiger partial charge in [-0.15, -0.1) is 0 Å². The molecule has 0 amide bonds. The lowest BCUT2D eigenvalue weighted by atomic mass is 10.0. The third-order valence-electron chi connectivity index (χ3n) is 3.88. The molecule has 2 aromatic heterocycles. The minimum absolute atomic E-state index is 0.0113. The van der Waals surface area contributed by atoms with Gasteiger partial charge in [0.05, 0.1) is 22.8 Å². The molecule has 0 aliphatic rings. The van der Waals surface area contributed by atoms with Crippen molar-refractivity contribution in [2.24, 2.45) is 0 Å². The summed E-state index contributed by atoms with van der Waals surface area (Å²) in [6.07, 6.45) is 2.94. The summed E-state index contributed by atoms with van der Waals surface area (Å²) >= 11 is 3.45. The Morgan fingerprint density at radius 2 is 1.97 bits per heavy atom. The van der Waals surface area contributed by atoms with E-state index in [1.165, 1.54) is 28.5 Å². The number of alkyl halides is 2. The molecular weight excluding hydrogens is 465 g/mol. The van der Waals surface area contributed by atoms with Gasteiger partial charge in [-0.25, -0.2) is 4.98 Å². The highest BCUT2D eigenvalue weighted by molar-refractivity contribution is 9.10. The molecule has 0 aliphatic carbocycles. The van der Waals surface area contributed by atoms with Gasteiger partial charge in [0.2, 0.25) is 0 Å². The second kappa shape index (κ2) is 10.3. The molecule has 1 atom stereocenters. The van der Waals surface area contributed by atoms with Crippen LogP contribution in [-0.4, -0.2) is 36.6 Å². The van der Waals surface area contributed by atoms with Crippen molar-refractivity contribution in [2.45, 2.75) is 26.1 Å². The zero-order valence-electron chi connectivity index (χ0n) is 16.7. The molecule has 0 saturated carbocycles. The number of aryl methyl sites for hydroxylation is 1. The van der Waals surface area contributed by atoms with E-state index < -0.39 is 5.85 Å². The summed E-state index contributed by atoms with van der Waals surface area (Å²) in [6.45, 7) is 4.90. The van der Waals surface area contributed by atoms with Gasteiger partial charge in [0.15, 0.2) is 0 Å². The Bertz CT molecular complexity index is 959. The SMILES string of the molecule is CCCOC.COc1cc(OC(F)(F)P)ccc1-c1nc2c(Br)c[nH]c2cc1C. The number of benzene rings is 1. The monoisotopic (exact) mass is 488 g/mol. The fraction of sp³-hybridized carbons (Fsp3) is 0.350. The number of hydrogen-bond donors (Lipinski definition) is 1. The van der Waals surface area contributed by atoms with Crippen LogP contribution in [-0.2, 0) is 4.74 Å². The number of nitrogens with zero attached hydrogens (tertiary/aromatic N) is 1. The number of aromatic nitrogens is 2. The molecule has 0 fully saturated rings. The molecule has 158 valence electrons. The van der Waals surface area contributed by atoms with Crippen LogP contribution in [0.1, 0.15) is 18.9 Å². The van der Waals surface area contributed by atoms with Gasteiger partial charge in [-0.2, -0.15) is 8.78 Å². The average molecular weight is 489 g/mol.